The Bertz CT molecular complexity index is 918. The maximum Gasteiger partial charge on any atom is 0.404 e. The molecule has 0 radical (unpaired) electrons. The molecule has 3 heteroatoms. The van der Waals surface area contributed by atoms with E-state index in [9.17, 15) is 4.79 Å². The summed E-state index contributed by atoms with van der Waals surface area (Å²) in [5.74, 6) is 5.23. The van der Waals surface area contributed by atoms with Crippen molar-refractivity contribution in [3.8, 4) is 0 Å². The molecule has 0 aliphatic heterocycles. The molecule has 6 bridgehead atoms. The van der Waals surface area contributed by atoms with Crippen molar-refractivity contribution in [2.75, 3.05) is 0 Å². The predicted octanol–water partition coefficient (Wildman–Crippen LogP) is 7.67. The summed E-state index contributed by atoms with van der Waals surface area (Å²) in [7, 11) is 0. The summed E-state index contributed by atoms with van der Waals surface area (Å²) < 4.78 is 6.14. The Kier molecular flexibility index (Phi) is 4.45. The monoisotopic (exact) mass is 469 g/mol. The lowest BCUT2D eigenvalue weighted by atomic mass is 9.23. The summed E-state index contributed by atoms with van der Waals surface area (Å²) in [6, 6.07) is 0. The van der Waals surface area contributed by atoms with E-state index in [-0.39, 0.29) is 16.9 Å². The van der Waals surface area contributed by atoms with Crippen LogP contribution in [0, 0.1) is 73.9 Å². The molecule has 9 fully saturated rings. The zero-order chi connectivity index (χ0) is 24.9. The average molecular weight is 470 g/mol. The molecule has 0 aromatic rings. The third-order valence-corrected chi connectivity index (χ3v) is 15.3. The number of primary amides is 1. The first-order valence-electron chi connectivity index (χ1n) is 14.5. The van der Waals surface area contributed by atoms with Crippen LogP contribution in [0.2, 0.25) is 0 Å². The van der Waals surface area contributed by atoms with Gasteiger partial charge < -0.3 is 10.5 Å². The van der Waals surface area contributed by atoms with Crippen molar-refractivity contribution in [2.45, 2.75) is 113 Å². The zero-order valence-electron chi connectivity index (χ0n) is 23.5. The first-order chi connectivity index (χ1) is 15.5. The van der Waals surface area contributed by atoms with Gasteiger partial charge in [0.25, 0.3) is 0 Å². The molecule has 9 saturated carbocycles. The number of rotatable bonds is 3. The highest BCUT2D eigenvalue weighted by atomic mass is 16.6. The van der Waals surface area contributed by atoms with E-state index >= 15 is 0 Å². The van der Waals surface area contributed by atoms with Gasteiger partial charge in [-0.05, 0) is 113 Å². The third kappa shape index (κ3) is 2.36. The molecule has 11 atom stereocenters. The van der Waals surface area contributed by atoms with E-state index in [1.807, 2.05) is 0 Å². The van der Waals surface area contributed by atoms with Gasteiger partial charge >= 0.3 is 6.09 Å². The Balaban J connectivity index is 1.51. The Morgan fingerprint density at radius 2 is 1.12 bits per heavy atom. The van der Waals surface area contributed by atoms with Crippen molar-refractivity contribution in [3.63, 3.8) is 0 Å². The van der Waals surface area contributed by atoms with Crippen LogP contribution in [0.5, 0.6) is 0 Å². The van der Waals surface area contributed by atoms with E-state index in [0.717, 1.165) is 24.2 Å². The van der Waals surface area contributed by atoms with Gasteiger partial charge in [-0.1, -0.05) is 62.3 Å². The molecule has 0 saturated heterocycles. The average Bonchev–Trinajstić information content (AvgIpc) is 2.73. The van der Waals surface area contributed by atoms with Gasteiger partial charge in [0.05, 0.1) is 0 Å². The molecule has 0 heterocycles. The number of carbonyl (C=O) groups is 1. The molecule has 9 aliphatic carbocycles. The van der Waals surface area contributed by atoms with Crippen molar-refractivity contribution in [1.82, 2.24) is 0 Å². The molecule has 3 nitrogen and oxygen atoms in total. The van der Waals surface area contributed by atoms with Gasteiger partial charge in [0.15, 0.2) is 0 Å². The fourth-order valence-electron chi connectivity index (χ4n) is 12.8. The van der Waals surface area contributed by atoms with Crippen LogP contribution in [-0.2, 0) is 4.74 Å². The minimum absolute atomic E-state index is 0.0357. The second kappa shape index (κ2) is 6.39. The molecular weight excluding hydrogens is 418 g/mol. The first kappa shape index (κ1) is 23.7. The van der Waals surface area contributed by atoms with Gasteiger partial charge in [0.1, 0.15) is 6.10 Å². The molecule has 0 spiro atoms. The summed E-state index contributed by atoms with van der Waals surface area (Å²) in [4.78, 5) is 12.2. The Morgan fingerprint density at radius 1 is 0.647 bits per heavy atom. The largest absolute Gasteiger partial charge is 0.446 e. The molecule has 2 N–H and O–H groups in total. The Hall–Kier alpha value is -0.730. The summed E-state index contributed by atoms with van der Waals surface area (Å²) in [5.41, 5.74) is 7.41. The number of amides is 1. The number of hydrogen-bond donors (Lipinski definition) is 1. The van der Waals surface area contributed by atoms with Gasteiger partial charge in [-0.25, -0.2) is 4.79 Å². The lowest BCUT2D eigenvalue weighted by Crippen LogP contribution is -2.77. The second-order valence-corrected chi connectivity index (χ2v) is 16.5. The predicted molar refractivity (Wildman–Crippen MR) is 137 cm³/mol. The molecule has 1 amide bonds. The number of hydrogen-bond acceptors (Lipinski definition) is 2. The normalized spacial score (nSPS) is 57.4. The van der Waals surface area contributed by atoms with Crippen LogP contribution in [0.25, 0.3) is 0 Å². The second-order valence-electron chi connectivity index (χ2n) is 16.5. The van der Waals surface area contributed by atoms with E-state index in [1.165, 1.54) is 38.5 Å². The van der Waals surface area contributed by atoms with Gasteiger partial charge in [-0.15, -0.1) is 0 Å². The highest BCUT2D eigenvalue weighted by molar-refractivity contribution is 5.65. The van der Waals surface area contributed by atoms with Gasteiger partial charge in [0, 0.05) is 5.41 Å². The fraction of sp³-hybridized carbons (Fsp3) is 0.968. The van der Waals surface area contributed by atoms with Crippen LogP contribution in [0.4, 0.5) is 4.79 Å². The maximum atomic E-state index is 12.2. The van der Waals surface area contributed by atoms with E-state index < -0.39 is 6.09 Å². The topological polar surface area (TPSA) is 52.3 Å². The summed E-state index contributed by atoms with van der Waals surface area (Å²) in [5, 5.41) is 0. The number of nitrogens with two attached hydrogens (primary N) is 1. The van der Waals surface area contributed by atoms with Gasteiger partial charge in [0.2, 0.25) is 0 Å². The molecule has 9 aliphatic rings. The lowest BCUT2D eigenvalue weighted by Gasteiger charge is -2.81. The fourth-order valence-corrected chi connectivity index (χ4v) is 12.8. The maximum absolute atomic E-state index is 12.2. The molecule has 9 rings (SSSR count). The van der Waals surface area contributed by atoms with Crippen molar-refractivity contribution < 1.29 is 9.53 Å². The zero-order valence-corrected chi connectivity index (χ0v) is 23.5. The number of carbonyl (C=O) groups excluding carboxylic acids is 1. The first-order valence-corrected chi connectivity index (χ1v) is 14.5. The molecule has 0 aromatic carbocycles. The number of fused-ring (bicyclic) bond motifs is 8. The lowest BCUT2D eigenvalue weighted by molar-refractivity contribution is -0.344. The Morgan fingerprint density at radius 3 is 1.62 bits per heavy atom. The van der Waals surface area contributed by atoms with Crippen LogP contribution in [0.15, 0.2) is 0 Å². The van der Waals surface area contributed by atoms with Crippen LogP contribution < -0.4 is 5.73 Å². The number of ether oxygens (including phenoxy) is 1. The smallest absolute Gasteiger partial charge is 0.404 e. The summed E-state index contributed by atoms with van der Waals surface area (Å²) in [6.45, 7) is 23.2. The highest BCUT2D eigenvalue weighted by Gasteiger charge is 2.79. The quantitative estimate of drug-likeness (QED) is 0.461. The van der Waals surface area contributed by atoms with Crippen LogP contribution >= 0.6 is 0 Å². The van der Waals surface area contributed by atoms with E-state index in [0.29, 0.717) is 45.3 Å². The Labute approximate surface area is 208 Å². The minimum atomic E-state index is -0.566. The van der Waals surface area contributed by atoms with Crippen LogP contribution in [-0.4, -0.2) is 12.2 Å². The van der Waals surface area contributed by atoms with Gasteiger partial charge in [-0.2, -0.15) is 0 Å². The van der Waals surface area contributed by atoms with Crippen molar-refractivity contribution in [1.29, 1.82) is 0 Å². The molecule has 11 unspecified atom stereocenters. The van der Waals surface area contributed by atoms with Crippen molar-refractivity contribution in [2.24, 2.45) is 79.6 Å². The van der Waals surface area contributed by atoms with E-state index in [4.69, 9.17) is 10.5 Å². The highest BCUT2D eigenvalue weighted by Crippen LogP contribution is 2.83. The van der Waals surface area contributed by atoms with Gasteiger partial charge in [-0.3, -0.25) is 0 Å². The summed E-state index contributed by atoms with van der Waals surface area (Å²) >= 11 is 0. The van der Waals surface area contributed by atoms with Crippen LogP contribution in [0.1, 0.15) is 107 Å². The van der Waals surface area contributed by atoms with E-state index in [2.05, 4.69) is 62.3 Å². The molecular formula is C31H51NO2. The third-order valence-electron chi connectivity index (χ3n) is 15.3. The molecule has 192 valence electrons. The molecule has 34 heavy (non-hydrogen) atoms. The SMILES string of the molecule is CC1(C)C2CCC(C)(C3CC4CC(C4(C)C)C3(C)C3(C)C(OC(N)=O)CC4CC3C4(C)C)C1C2. The van der Waals surface area contributed by atoms with Crippen LogP contribution in [0.3, 0.4) is 0 Å². The summed E-state index contributed by atoms with van der Waals surface area (Å²) in [6.07, 6.45) is 8.64. The van der Waals surface area contributed by atoms with E-state index in [1.54, 1.807) is 0 Å². The van der Waals surface area contributed by atoms with Crippen molar-refractivity contribution in [3.05, 3.63) is 0 Å². The minimum Gasteiger partial charge on any atom is -0.446 e. The molecule has 0 aromatic heterocycles. The van der Waals surface area contributed by atoms with Crippen molar-refractivity contribution >= 4 is 6.09 Å². The standard InChI is InChI=1S/C31H51NO2/c1-26(2)17-10-11-29(7,20(26)12-17)23-15-18-13-21(27(18,3)4)30(23,8)31(9)22-14-19(28(22,5)6)16-24(31)34-25(32)33/h17-24H,10-16H2,1-9H3,(H2,32,33).